The summed E-state index contributed by atoms with van der Waals surface area (Å²) >= 11 is 0. The Hall–Kier alpha value is -2.68. The highest BCUT2D eigenvalue weighted by Crippen LogP contribution is 2.23. The first-order chi connectivity index (χ1) is 9.88. The third-order valence-corrected chi connectivity index (χ3v) is 3.24. The van der Waals surface area contributed by atoms with Crippen molar-refractivity contribution in [1.82, 2.24) is 9.55 Å². The summed E-state index contributed by atoms with van der Waals surface area (Å²) in [7, 11) is 0. The van der Waals surface area contributed by atoms with Gasteiger partial charge in [0.15, 0.2) is 0 Å². The van der Waals surface area contributed by atoms with Crippen LogP contribution in [0.25, 0.3) is 22.5 Å². The van der Waals surface area contributed by atoms with Crippen LogP contribution in [0.1, 0.15) is 0 Å². The van der Waals surface area contributed by atoms with Gasteiger partial charge in [0.2, 0.25) is 0 Å². The number of rotatable bonds is 4. The fourth-order valence-electron chi connectivity index (χ4n) is 2.24. The van der Waals surface area contributed by atoms with Gasteiger partial charge in [0, 0.05) is 18.0 Å². The lowest BCUT2D eigenvalue weighted by atomic mass is 10.0. The third kappa shape index (κ3) is 2.38. The maximum absolute atomic E-state index is 10.6. The maximum Gasteiger partial charge on any atom is 0.140 e. The molecule has 0 aliphatic carbocycles. The van der Waals surface area contributed by atoms with Crippen molar-refractivity contribution in [1.29, 1.82) is 0 Å². The van der Waals surface area contributed by atoms with Crippen LogP contribution in [0.5, 0.6) is 0 Å². The van der Waals surface area contributed by atoms with Gasteiger partial charge in [0.1, 0.15) is 12.1 Å². The molecule has 3 nitrogen and oxygen atoms in total. The van der Waals surface area contributed by atoms with Crippen molar-refractivity contribution in [2.24, 2.45) is 0 Å². The van der Waals surface area contributed by atoms with Gasteiger partial charge in [0.25, 0.3) is 0 Å². The van der Waals surface area contributed by atoms with Gasteiger partial charge < -0.3 is 9.36 Å². The normalized spacial score (nSPS) is 10.4. The van der Waals surface area contributed by atoms with E-state index in [1.54, 1.807) is 6.20 Å². The van der Waals surface area contributed by atoms with Gasteiger partial charge in [-0.2, -0.15) is 0 Å². The van der Waals surface area contributed by atoms with Gasteiger partial charge in [-0.05, 0) is 11.1 Å². The average molecular weight is 262 g/mol. The average Bonchev–Trinajstić information content (AvgIpc) is 2.97. The van der Waals surface area contributed by atoms with Crippen molar-refractivity contribution in [2.75, 3.05) is 0 Å². The van der Waals surface area contributed by atoms with E-state index in [1.807, 2.05) is 41.1 Å². The molecule has 0 saturated heterocycles. The maximum atomic E-state index is 10.6. The van der Waals surface area contributed by atoms with E-state index in [-0.39, 0.29) is 0 Å². The Morgan fingerprint density at radius 1 is 0.900 bits per heavy atom. The van der Waals surface area contributed by atoms with E-state index < -0.39 is 0 Å². The lowest BCUT2D eigenvalue weighted by Crippen LogP contribution is -1.99. The molecule has 0 amide bonds. The van der Waals surface area contributed by atoms with Gasteiger partial charge in [0.05, 0.1) is 6.54 Å². The molecule has 2 aromatic carbocycles. The molecule has 3 rings (SSSR count). The molecule has 3 aromatic rings. The predicted molar refractivity (Wildman–Crippen MR) is 79.2 cm³/mol. The van der Waals surface area contributed by atoms with E-state index in [4.69, 9.17) is 0 Å². The zero-order valence-corrected chi connectivity index (χ0v) is 10.9. The molecule has 20 heavy (non-hydrogen) atoms. The molecular formula is C17H14N2O. The number of carbonyl (C=O) groups is 1. The van der Waals surface area contributed by atoms with Crippen molar-refractivity contribution in [3.05, 3.63) is 67.0 Å². The van der Waals surface area contributed by atoms with Crippen molar-refractivity contribution in [3.63, 3.8) is 0 Å². The van der Waals surface area contributed by atoms with Crippen molar-refractivity contribution in [3.8, 4) is 22.5 Å². The van der Waals surface area contributed by atoms with Crippen LogP contribution in [-0.2, 0) is 11.3 Å². The Labute approximate surface area is 117 Å². The van der Waals surface area contributed by atoms with E-state index in [0.717, 1.165) is 17.7 Å². The topological polar surface area (TPSA) is 34.9 Å². The summed E-state index contributed by atoms with van der Waals surface area (Å²) in [6.07, 6.45) is 4.41. The summed E-state index contributed by atoms with van der Waals surface area (Å²) in [6, 6.07) is 18.5. The lowest BCUT2D eigenvalue weighted by molar-refractivity contribution is -0.108. The van der Waals surface area contributed by atoms with Crippen LogP contribution >= 0.6 is 0 Å². The molecule has 0 spiro atoms. The van der Waals surface area contributed by atoms with Crippen LogP contribution in [0.15, 0.2) is 67.0 Å². The molecule has 0 fully saturated rings. The van der Waals surface area contributed by atoms with Gasteiger partial charge in [-0.25, -0.2) is 4.98 Å². The van der Waals surface area contributed by atoms with Crippen LogP contribution in [0.4, 0.5) is 0 Å². The minimum Gasteiger partial charge on any atom is -0.324 e. The second-order valence-corrected chi connectivity index (χ2v) is 4.51. The second-order valence-electron chi connectivity index (χ2n) is 4.51. The van der Waals surface area contributed by atoms with Crippen LogP contribution in [0.2, 0.25) is 0 Å². The summed E-state index contributed by atoms with van der Waals surface area (Å²) in [4.78, 5) is 15.0. The van der Waals surface area contributed by atoms with Crippen LogP contribution in [0.3, 0.4) is 0 Å². The Morgan fingerprint density at radius 3 is 2.25 bits per heavy atom. The first kappa shape index (κ1) is 12.4. The number of imidazole rings is 1. The van der Waals surface area contributed by atoms with Gasteiger partial charge in [-0.15, -0.1) is 0 Å². The quantitative estimate of drug-likeness (QED) is 0.675. The number of benzene rings is 2. The fourth-order valence-corrected chi connectivity index (χ4v) is 2.24. The fraction of sp³-hybridized carbons (Fsp3) is 0.0588. The molecule has 3 heteroatoms. The largest absolute Gasteiger partial charge is 0.324 e. The van der Waals surface area contributed by atoms with Gasteiger partial charge in [-0.3, -0.25) is 0 Å². The molecule has 1 heterocycles. The summed E-state index contributed by atoms with van der Waals surface area (Å²) in [5.74, 6) is 0.816. The third-order valence-electron chi connectivity index (χ3n) is 3.24. The predicted octanol–water partition coefficient (Wildman–Crippen LogP) is 3.42. The number of hydrogen-bond donors (Lipinski definition) is 0. The first-order valence-electron chi connectivity index (χ1n) is 6.49. The second kappa shape index (κ2) is 5.53. The van der Waals surface area contributed by atoms with Gasteiger partial charge in [-0.1, -0.05) is 54.6 Å². The number of nitrogens with zero attached hydrogens (tertiary/aromatic N) is 2. The highest BCUT2D eigenvalue weighted by molar-refractivity contribution is 5.68. The molecule has 0 unspecified atom stereocenters. The summed E-state index contributed by atoms with van der Waals surface area (Å²) in [5.41, 5.74) is 3.37. The molecule has 98 valence electrons. The van der Waals surface area contributed by atoms with E-state index in [9.17, 15) is 4.79 Å². The van der Waals surface area contributed by atoms with Gasteiger partial charge >= 0.3 is 0 Å². The number of aldehydes is 1. The Kier molecular flexibility index (Phi) is 3.42. The zero-order chi connectivity index (χ0) is 13.8. The van der Waals surface area contributed by atoms with Crippen LogP contribution < -0.4 is 0 Å². The molecule has 0 aliphatic heterocycles. The molecule has 0 atom stereocenters. The Bertz CT molecular complexity index is 699. The molecule has 1 aromatic heterocycles. The zero-order valence-electron chi connectivity index (χ0n) is 10.9. The number of hydrogen-bond acceptors (Lipinski definition) is 2. The monoisotopic (exact) mass is 262 g/mol. The van der Waals surface area contributed by atoms with E-state index in [2.05, 4.69) is 29.2 Å². The Morgan fingerprint density at radius 2 is 1.55 bits per heavy atom. The molecular weight excluding hydrogens is 248 g/mol. The molecule has 0 aliphatic rings. The van der Waals surface area contributed by atoms with Crippen LogP contribution in [0, 0.1) is 0 Å². The summed E-state index contributed by atoms with van der Waals surface area (Å²) < 4.78 is 1.84. The number of aromatic nitrogens is 2. The van der Waals surface area contributed by atoms with Crippen molar-refractivity contribution >= 4 is 6.29 Å². The van der Waals surface area contributed by atoms with E-state index in [0.29, 0.717) is 6.54 Å². The van der Waals surface area contributed by atoms with E-state index in [1.165, 1.54) is 11.1 Å². The summed E-state index contributed by atoms with van der Waals surface area (Å²) in [6.45, 7) is 0.329. The minimum atomic E-state index is 0.329. The highest BCUT2D eigenvalue weighted by atomic mass is 16.1. The van der Waals surface area contributed by atoms with Crippen LogP contribution in [-0.4, -0.2) is 15.8 Å². The minimum absolute atomic E-state index is 0.329. The van der Waals surface area contributed by atoms with E-state index >= 15 is 0 Å². The standard InChI is InChI=1S/C17H14N2O/c20-13-12-19-11-10-18-17(19)16-8-6-15(7-9-16)14-4-2-1-3-5-14/h1-11,13H,12H2. The number of carbonyl (C=O) groups excluding carboxylic acids is 1. The smallest absolute Gasteiger partial charge is 0.140 e. The molecule has 0 radical (unpaired) electrons. The summed E-state index contributed by atoms with van der Waals surface area (Å²) in [5, 5.41) is 0. The molecule has 0 N–H and O–H groups in total. The SMILES string of the molecule is O=CCn1ccnc1-c1ccc(-c2ccccc2)cc1. The Balaban J connectivity index is 1.93. The van der Waals surface area contributed by atoms with Crippen molar-refractivity contribution < 1.29 is 4.79 Å². The van der Waals surface area contributed by atoms with Crippen molar-refractivity contribution in [2.45, 2.75) is 6.54 Å². The highest BCUT2D eigenvalue weighted by Gasteiger charge is 2.05. The first-order valence-corrected chi connectivity index (χ1v) is 6.49. The lowest BCUT2D eigenvalue weighted by Gasteiger charge is -2.06. The molecule has 0 bridgehead atoms. The molecule has 0 saturated carbocycles.